The molecular formula is C17H20N4O. The van der Waals surface area contributed by atoms with E-state index in [1.165, 1.54) is 6.42 Å². The molecule has 1 atom stereocenters. The quantitative estimate of drug-likeness (QED) is 0.741. The summed E-state index contributed by atoms with van der Waals surface area (Å²) in [5, 5.41) is 0. The number of hydrogen-bond donors (Lipinski definition) is 0. The fourth-order valence-electron chi connectivity index (χ4n) is 3.44. The van der Waals surface area contributed by atoms with Crippen LogP contribution in [0.15, 0.2) is 41.1 Å². The Morgan fingerprint density at radius 1 is 1.32 bits per heavy atom. The highest BCUT2D eigenvalue weighted by molar-refractivity contribution is 5.71. The van der Waals surface area contributed by atoms with Gasteiger partial charge in [0.05, 0.1) is 18.8 Å². The number of imidazole rings is 1. The second kappa shape index (κ2) is 5.57. The highest BCUT2D eigenvalue weighted by atomic mass is 16.3. The molecular weight excluding hydrogens is 276 g/mol. The number of pyridine rings is 1. The maximum absolute atomic E-state index is 5.54. The minimum absolute atomic E-state index is 0.383. The van der Waals surface area contributed by atoms with Gasteiger partial charge in [-0.1, -0.05) is 6.92 Å². The molecule has 0 aromatic carbocycles. The van der Waals surface area contributed by atoms with E-state index in [0.29, 0.717) is 12.6 Å². The van der Waals surface area contributed by atoms with Gasteiger partial charge in [-0.05, 0) is 50.2 Å². The Kier molecular flexibility index (Phi) is 3.42. The Labute approximate surface area is 129 Å². The molecule has 0 bridgehead atoms. The van der Waals surface area contributed by atoms with E-state index in [9.17, 15) is 0 Å². The standard InChI is InChI=1S/C17H20N4O/c1-2-20-10-4-8-15(20)17-19-14-7-3-9-18-16(14)21(17)12-13-6-5-11-22-13/h3,5-7,9,11,15H,2,4,8,10,12H2,1H3. The average Bonchev–Trinajstić information content (AvgIpc) is 3.27. The average molecular weight is 296 g/mol. The Morgan fingerprint density at radius 2 is 2.27 bits per heavy atom. The monoisotopic (exact) mass is 296 g/mol. The number of nitrogens with zero attached hydrogens (tertiary/aromatic N) is 4. The topological polar surface area (TPSA) is 47.1 Å². The van der Waals surface area contributed by atoms with E-state index < -0.39 is 0 Å². The van der Waals surface area contributed by atoms with Gasteiger partial charge < -0.3 is 8.98 Å². The van der Waals surface area contributed by atoms with E-state index in [0.717, 1.165) is 42.3 Å². The Morgan fingerprint density at radius 3 is 3.09 bits per heavy atom. The number of furan rings is 1. The zero-order valence-corrected chi connectivity index (χ0v) is 12.8. The Balaban J connectivity index is 1.82. The predicted molar refractivity (Wildman–Crippen MR) is 84.6 cm³/mol. The van der Waals surface area contributed by atoms with E-state index >= 15 is 0 Å². The first-order chi connectivity index (χ1) is 10.9. The summed E-state index contributed by atoms with van der Waals surface area (Å²) in [5.74, 6) is 2.05. The zero-order chi connectivity index (χ0) is 14.9. The molecule has 22 heavy (non-hydrogen) atoms. The molecule has 3 aromatic heterocycles. The van der Waals surface area contributed by atoms with Gasteiger partial charge in [-0.25, -0.2) is 9.97 Å². The highest BCUT2D eigenvalue weighted by Gasteiger charge is 2.29. The van der Waals surface area contributed by atoms with Crippen LogP contribution < -0.4 is 0 Å². The summed E-state index contributed by atoms with van der Waals surface area (Å²) in [6.45, 7) is 5.11. The van der Waals surface area contributed by atoms with Crippen molar-refractivity contribution in [2.24, 2.45) is 0 Å². The number of aromatic nitrogens is 3. The number of likely N-dealkylation sites (tertiary alicyclic amines) is 1. The summed E-state index contributed by atoms with van der Waals surface area (Å²) in [6, 6.07) is 8.30. The molecule has 0 radical (unpaired) electrons. The molecule has 1 unspecified atom stereocenters. The third-order valence-electron chi connectivity index (χ3n) is 4.50. The van der Waals surface area contributed by atoms with Crippen molar-refractivity contribution in [2.75, 3.05) is 13.1 Å². The van der Waals surface area contributed by atoms with E-state index in [4.69, 9.17) is 9.40 Å². The van der Waals surface area contributed by atoms with Crippen molar-refractivity contribution in [1.29, 1.82) is 0 Å². The van der Waals surface area contributed by atoms with Crippen molar-refractivity contribution >= 4 is 11.2 Å². The van der Waals surface area contributed by atoms with Crippen LogP contribution in [0.4, 0.5) is 0 Å². The third kappa shape index (κ3) is 2.22. The van der Waals surface area contributed by atoms with Crippen LogP contribution in [0.2, 0.25) is 0 Å². The van der Waals surface area contributed by atoms with Gasteiger partial charge in [0.2, 0.25) is 0 Å². The molecule has 4 heterocycles. The molecule has 5 nitrogen and oxygen atoms in total. The molecule has 1 aliphatic rings. The molecule has 0 saturated carbocycles. The van der Waals surface area contributed by atoms with Gasteiger partial charge in [-0.15, -0.1) is 0 Å². The molecule has 1 saturated heterocycles. The van der Waals surface area contributed by atoms with E-state index in [1.807, 2.05) is 30.5 Å². The first-order valence-corrected chi connectivity index (χ1v) is 7.94. The minimum atomic E-state index is 0.383. The molecule has 4 rings (SSSR count). The summed E-state index contributed by atoms with van der Waals surface area (Å²) in [6.07, 6.45) is 5.94. The molecule has 1 aliphatic heterocycles. The van der Waals surface area contributed by atoms with Gasteiger partial charge in [-0.3, -0.25) is 4.90 Å². The van der Waals surface area contributed by atoms with Crippen LogP contribution in [0.3, 0.4) is 0 Å². The Hall–Kier alpha value is -2.14. The van der Waals surface area contributed by atoms with Gasteiger partial charge in [0.1, 0.15) is 17.1 Å². The van der Waals surface area contributed by atoms with E-state index in [2.05, 4.69) is 21.4 Å². The maximum Gasteiger partial charge on any atom is 0.160 e. The summed E-state index contributed by atoms with van der Waals surface area (Å²) in [7, 11) is 0. The van der Waals surface area contributed by atoms with Crippen LogP contribution in [-0.4, -0.2) is 32.5 Å². The lowest BCUT2D eigenvalue weighted by Crippen LogP contribution is -2.25. The normalized spacial score (nSPS) is 19.2. The minimum Gasteiger partial charge on any atom is -0.467 e. The van der Waals surface area contributed by atoms with Gasteiger partial charge in [-0.2, -0.15) is 0 Å². The lowest BCUT2D eigenvalue weighted by atomic mass is 10.2. The van der Waals surface area contributed by atoms with Crippen LogP contribution in [-0.2, 0) is 6.54 Å². The SMILES string of the molecule is CCN1CCCC1c1nc2cccnc2n1Cc1ccco1. The largest absolute Gasteiger partial charge is 0.467 e. The van der Waals surface area contributed by atoms with Crippen LogP contribution in [0, 0.1) is 0 Å². The van der Waals surface area contributed by atoms with Gasteiger partial charge in [0, 0.05) is 6.20 Å². The van der Waals surface area contributed by atoms with Gasteiger partial charge in [0.15, 0.2) is 5.65 Å². The first kappa shape index (κ1) is 13.5. The third-order valence-corrected chi connectivity index (χ3v) is 4.50. The van der Waals surface area contributed by atoms with Crippen molar-refractivity contribution in [1.82, 2.24) is 19.4 Å². The van der Waals surface area contributed by atoms with Crippen molar-refractivity contribution in [3.05, 3.63) is 48.3 Å². The maximum atomic E-state index is 5.54. The first-order valence-electron chi connectivity index (χ1n) is 7.94. The van der Waals surface area contributed by atoms with Crippen molar-refractivity contribution in [3.63, 3.8) is 0 Å². The fourth-order valence-corrected chi connectivity index (χ4v) is 3.44. The van der Waals surface area contributed by atoms with Gasteiger partial charge >= 0.3 is 0 Å². The summed E-state index contributed by atoms with van der Waals surface area (Å²) < 4.78 is 7.75. The molecule has 0 N–H and O–H groups in total. The molecule has 0 spiro atoms. The van der Waals surface area contributed by atoms with E-state index in [-0.39, 0.29) is 0 Å². The molecule has 3 aromatic rings. The summed E-state index contributed by atoms with van der Waals surface area (Å²) in [4.78, 5) is 11.9. The molecule has 5 heteroatoms. The van der Waals surface area contributed by atoms with Crippen molar-refractivity contribution < 1.29 is 4.42 Å². The van der Waals surface area contributed by atoms with Crippen LogP contribution in [0.5, 0.6) is 0 Å². The van der Waals surface area contributed by atoms with Crippen molar-refractivity contribution in [2.45, 2.75) is 32.4 Å². The van der Waals surface area contributed by atoms with Crippen LogP contribution in [0.1, 0.15) is 37.4 Å². The molecule has 0 aliphatic carbocycles. The smallest absolute Gasteiger partial charge is 0.160 e. The van der Waals surface area contributed by atoms with E-state index in [1.54, 1.807) is 6.26 Å². The number of fused-ring (bicyclic) bond motifs is 1. The lowest BCUT2D eigenvalue weighted by molar-refractivity contribution is 0.257. The molecule has 1 fully saturated rings. The number of rotatable bonds is 4. The van der Waals surface area contributed by atoms with Crippen molar-refractivity contribution in [3.8, 4) is 0 Å². The fraction of sp³-hybridized carbons (Fsp3) is 0.412. The Bertz CT molecular complexity index is 762. The molecule has 114 valence electrons. The van der Waals surface area contributed by atoms with Gasteiger partial charge in [0.25, 0.3) is 0 Å². The highest BCUT2D eigenvalue weighted by Crippen LogP contribution is 2.33. The molecule has 0 amide bonds. The predicted octanol–water partition coefficient (Wildman–Crippen LogP) is 3.23. The second-order valence-electron chi connectivity index (χ2n) is 5.77. The van der Waals surface area contributed by atoms with Crippen LogP contribution in [0.25, 0.3) is 11.2 Å². The second-order valence-corrected chi connectivity index (χ2v) is 5.77. The summed E-state index contributed by atoms with van der Waals surface area (Å²) in [5.41, 5.74) is 1.91. The summed E-state index contributed by atoms with van der Waals surface area (Å²) >= 11 is 0. The zero-order valence-electron chi connectivity index (χ0n) is 12.8. The van der Waals surface area contributed by atoms with Crippen LogP contribution >= 0.6 is 0 Å². The lowest BCUT2D eigenvalue weighted by Gasteiger charge is -2.22. The number of hydrogen-bond acceptors (Lipinski definition) is 4.